The first-order valence-electron chi connectivity index (χ1n) is 6.77. The van der Waals surface area contributed by atoms with Gasteiger partial charge in [-0.25, -0.2) is 4.98 Å². The van der Waals surface area contributed by atoms with Crippen LogP contribution in [0.15, 0.2) is 11.6 Å². The van der Waals surface area contributed by atoms with Crippen LogP contribution in [0, 0.1) is 0 Å². The molecule has 3 heterocycles. The second-order valence-corrected chi connectivity index (χ2v) is 5.72. The van der Waals surface area contributed by atoms with Crippen molar-refractivity contribution in [3.05, 3.63) is 17.3 Å². The van der Waals surface area contributed by atoms with Gasteiger partial charge in [0.05, 0.1) is 18.3 Å². The molecule has 1 unspecified atom stereocenters. The van der Waals surface area contributed by atoms with Crippen LogP contribution in [0.2, 0.25) is 0 Å². The van der Waals surface area contributed by atoms with Gasteiger partial charge in [0, 0.05) is 31.8 Å². The molecule has 3 rings (SSSR count). The van der Waals surface area contributed by atoms with E-state index in [1.54, 1.807) is 11.3 Å². The predicted molar refractivity (Wildman–Crippen MR) is 78.1 cm³/mol. The van der Waals surface area contributed by atoms with Crippen LogP contribution in [0.3, 0.4) is 0 Å². The number of likely N-dealkylation sites (N-methyl/N-ethyl adjacent to an activating group) is 1. The lowest BCUT2D eigenvalue weighted by Crippen LogP contribution is -2.33. The number of rotatable bonds is 5. The van der Waals surface area contributed by atoms with Crippen LogP contribution >= 0.6 is 11.3 Å². The molecule has 1 aliphatic rings. The summed E-state index contributed by atoms with van der Waals surface area (Å²) in [6, 6.07) is 0.449. The molecule has 1 saturated heterocycles. The third-order valence-corrected chi connectivity index (χ3v) is 4.43. The van der Waals surface area contributed by atoms with E-state index in [-0.39, 0.29) is 0 Å². The van der Waals surface area contributed by atoms with Crippen molar-refractivity contribution in [1.82, 2.24) is 14.7 Å². The number of anilines is 1. The molecule has 6 heteroatoms. The number of fused-ring (bicyclic) bond motifs is 1. The zero-order valence-corrected chi connectivity index (χ0v) is 12.2. The second-order valence-electron chi connectivity index (χ2n) is 4.85. The molecule has 1 atom stereocenters. The normalized spacial score (nSPS) is 19.4. The number of hydrogen-bond donors (Lipinski definition) is 1. The van der Waals surface area contributed by atoms with E-state index in [1.807, 2.05) is 0 Å². The van der Waals surface area contributed by atoms with Crippen LogP contribution in [0.4, 0.5) is 5.82 Å². The monoisotopic (exact) mass is 280 g/mol. The number of nitrogens with one attached hydrogen (secondary N) is 1. The maximum absolute atomic E-state index is 5.49. The molecule has 5 nitrogen and oxygen atoms in total. The lowest BCUT2D eigenvalue weighted by molar-refractivity contribution is 0.193. The first kappa shape index (κ1) is 12.9. The summed E-state index contributed by atoms with van der Waals surface area (Å²) < 4.78 is 7.68. The van der Waals surface area contributed by atoms with Crippen LogP contribution in [-0.4, -0.2) is 42.2 Å². The van der Waals surface area contributed by atoms with E-state index in [0.717, 1.165) is 43.5 Å². The number of thiazole rings is 1. The van der Waals surface area contributed by atoms with Crippen molar-refractivity contribution in [3.63, 3.8) is 0 Å². The van der Waals surface area contributed by atoms with Crippen molar-refractivity contribution in [2.45, 2.75) is 25.9 Å². The fourth-order valence-corrected chi connectivity index (χ4v) is 3.24. The number of nitrogens with zero attached hydrogens (tertiary/aromatic N) is 3. The lowest BCUT2D eigenvalue weighted by atomic mass is 10.2. The van der Waals surface area contributed by atoms with Gasteiger partial charge in [-0.3, -0.25) is 4.40 Å². The summed E-state index contributed by atoms with van der Waals surface area (Å²) >= 11 is 1.68. The van der Waals surface area contributed by atoms with Crippen LogP contribution in [-0.2, 0) is 11.3 Å². The largest absolute Gasteiger partial charge is 0.379 e. The molecular weight excluding hydrogens is 260 g/mol. The molecule has 104 valence electrons. The SMILES string of the molecule is CCNCc1c(N(C)C2CCOC2)nc2sccn12. The van der Waals surface area contributed by atoms with E-state index in [2.05, 4.69) is 40.2 Å². The van der Waals surface area contributed by atoms with Crippen LogP contribution in [0.5, 0.6) is 0 Å². The topological polar surface area (TPSA) is 41.8 Å². The Morgan fingerprint density at radius 3 is 3.26 bits per heavy atom. The standard InChI is InChI=1S/C13H20N4OS/c1-3-14-8-11-12(15-13-17(11)5-7-19-13)16(2)10-4-6-18-9-10/h5,7,10,14H,3-4,6,8-9H2,1-2H3. The smallest absolute Gasteiger partial charge is 0.195 e. The summed E-state index contributed by atoms with van der Waals surface area (Å²) in [5.41, 5.74) is 1.24. The van der Waals surface area contributed by atoms with E-state index in [1.165, 1.54) is 5.69 Å². The molecule has 0 amide bonds. The number of hydrogen-bond acceptors (Lipinski definition) is 5. The summed E-state index contributed by atoms with van der Waals surface area (Å²) in [7, 11) is 2.13. The highest BCUT2D eigenvalue weighted by Gasteiger charge is 2.25. The zero-order valence-electron chi connectivity index (χ0n) is 11.4. The average Bonchev–Trinajstić information content (AvgIpc) is 3.12. The molecule has 2 aromatic heterocycles. The second kappa shape index (κ2) is 5.48. The maximum atomic E-state index is 5.49. The third kappa shape index (κ3) is 2.35. The highest BCUT2D eigenvalue weighted by molar-refractivity contribution is 7.15. The van der Waals surface area contributed by atoms with Crippen molar-refractivity contribution in [2.75, 3.05) is 31.7 Å². The molecule has 1 aliphatic heterocycles. The van der Waals surface area contributed by atoms with Crippen LogP contribution in [0.1, 0.15) is 19.0 Å². The van der Waals surface area contributed by atoms with Crippen LogP contribution < -0.4 is 10.2 Å². The van der Waals surface area contributed by atoms with Crippen molar-refractivity contribution in [1.29, 1.82) is 0 Å². The number of ether oxygens (including phenoxy) is 1. The van der Waals surface area contributed by atoms with Gasteiger partial charge in [0.2, 0.25) is 0 Å². The summed E-state index contributed by atoms with van der Waals surface area (Å²) in [6.45, 7) is 5.61. The fraction of sp³-hybridized carbons (Fsp3) is 0.615. The fourth-order valence-electron chi connectivity index (χ4n) is 2.51. The Bertz CT molecular complexity index is 544. The Balaban J connectivity index is 1.93. The average molecular weight is 280 g/mol. The highest BCUT2D eigenvalue weighted by atomic mass is 32.1. The van der Waals surface area contributed by atoms with Gasteiger partial charge in [0.1, 0.15) is 0 Å². The van der Waals surface area contributed by atoms with Gasteiger partial charge in [0.15, 0.2) is 10.8 Å². The van der Waals surface area contributed by atoms with Crippen molar-refractivity contribution >= 4 is 22.1 Å². The molecule has 1 fully saturated rings. The first-order chi connectivity index (χ1) is 9.31. The minimum Gasteiger partial charge on any atom is -0.379 e. The Morgan fingerprint density at radius 1 is 1.63 bits per heavy atom. The summed E-state index contributed by atoms with van der Waals surface area (Å²) in [6.07, 6.45) is 3.19. The summed E-state index contributed by atoms with van der Waals surface area (Å²) in [5.74, 6) is 1.09. The Hall–Kier alpha value is -1.11. The minimum absolute atomic E-state index is 0.449. The van der Waals surface area contributed by atoms with Gasteiger partial charge in [0.25, 0.3) is 0 Å². The molecule has 2 aromatic rings. The third-order valence-electron chi connectivity index (χ3n) is 3.67. The van der Waals surface area contributed by atoms with Gasteiger partial charge in [-0.1, -0.05) is 6.92 Å². The predicted octanol–water partition coefficient (Wildman–Crippen LogP) is 1.73. The number of aromatic nitrogens is 2. The lowest BCUT2D eigenvalue weighted by Gasteiger charge is -2.24. The quantitative estimate of drug-likeness (QED) is 0.906. The molecule has 0 aliphatic carbocycles. The molecule has 0 aromatic carbocycles. The van der Waals surface area contributed by atoms with Crippen LogP contribution in [0.25, 0.3) is 4.96 Å². The number of imidazole rings is 1. The van der Waals surface area contributed by atoms with Crippen molar-refractivity contribution in [2.24, 2.45) is 0 Å². The van der Waals surface area contributed by atoms with E-state index in [0.29, 0.717) is 6.04 Å². The molecule has 0 bridgehead atoms. The van der Waals surface area contributed by atoms with E-state index in [9.17, 15) is 0 Å². The Labute approximate surface area is 117 Å². The van der Waals surface area contributed by atoms with Gasteiger partial charge >= 0.3 is 0 Å². The zero-order chi connectivity index (χ0) is 13.2. The molecule has 1 N–H and O–H groups in total. The molecule has 0 radical (unpaired) electrons. The Kier molecular flexibility index (Phi) is 3.72. The molecular formula is C13H20N4OS. The maximum Gasteiger partial charge on any atom is 0.195 e. The minimum atomic E-state index is 0.449. The molecule has 19 heavy (non-hydrogen) atoms. The summed E-state index contributed by atoms with van der Waals surface area (Å²) in [4.78, 5) is 8.12. The van der Waals surface area contributed by atoms with Gasteiger partial charge < -0.3 is 15.0 Å². The van der Waals surface area contributed by atoms with E-state index in [4.69, 9.17) is 9.72 Å². The molecule has 0 saturated carbocycles. The first-order valence-corrected chi connectivity index (χ1v) is 7.65. The van der Waals surface area contributed by atoms with Crippen molar-refractivity contribution < 1.29 is 4.74 Å². The van der Waals surface area contributed by atoms with Gasteiger partial charge in [-0.05, 0) is 13.0 Å². The highest BCUT2D eigenvalue weighted by Crippen LogP contribution is 2.27. The Morgan fingerprint density at radius 2 is 2.53 bits per heavy atom. The van der Waals surface area contributed by atoms with Crippen molar-refractivity contribution in [3.8, 4) is 0 Å². The molecule has 0 spiro atoms. The van der Waals surface area contributed by atoms with E-state index < -0.39 is 0 Å². The van der Waals surface area contributed by atoms with Gasteiger partial charge in [-0.2, -0.15) is 0 Å². The van der Waals surface area contributed by atoms with E-state index >= 15 is 0 Å². The van der Waals surface area contributed by atoms with Gasteiger partial charge in [-0.15, -0.1) is 11.3 Å². The summed E-state index contributed by atoms with van der Waals surface area (Å²) in [5, 5.41) is 5.49.